The van der Waals surface area contributed by atoms with E-state index < -0.39 is 21.3 Å². The molecule has 0 heterocycles. The van der Waals surface area contributed by atoms with Crippen molar-refractivity contribution in [2.24, 2.45) is 16.3 Å². The lowest BCUT2D eigenvalue weighted by Crippen LogP contribution is -2.54. The van der Waals surface area contributed by atoms with Crippen LogP contribution < -0.4 is 15.8 Å². The average molecular weight is 278 g/mol. The molecule has 1 aliphatic rings. The molecule has 18 heavy (non-hydrogen) atoms. The third-order valence-electron chi connectivity index (χ3n) is 3.21. The highest BCUT2D eigenvalue weighted by Gasteiger charge is 2.48. The molecule has 9 heteroatoms. The molecule has 5 N–H and O–H groups in total. The molecule has 1 fully saturated rings. The number of nitrogens with zero attached hydrogens (tertiary/aromatic N) is 1. The van der Waals surface area contributed by atoms with Crippen LogP contribution in [0.1, 0.15) is 19.3 Å². The van der Waals surface area contributed by atoms with Gasteiger partial charge in [0.2, 0.25) is 15.9 Å². The van der Waals surface area contributed by atoms with Gasteiger partial charge in [-0.1, -0.05) is 11.6 Å². The largest absolute Gasteiger partial charge is 0.409 e. The van der Waals surface area contributed by atoms with Gasteiger partial charge in [-0.2, -0.15) is 0 Å². The second kappa shape index (κ2) is 5.53. The zero-order valence-electron chi connectivity index (χ0n) is 10.1. The Morgan fingerprint density at radius 1 is 1.50 bits per heavy atom. The van der Waals surface area contributed by atoms with E-state index in [0.29, 0.717) is 12.8 Å². The Bertz CT molecular complexity index is 441. The van der Waals surface area contributed by atoms with Gasteiger partial charge >= 0.3 is 0 Å². The van der Waals surface area contributed by atoms with Gasteiger partial charge in [-0.15, -0.1) is 0 Å². The molecule has 0 aromatic rings. The summed E-state index contributed by atoms with van der Waals surface area (Å²) in [7, 11) is -2.04. The second-order valence-corrected chi connectivity index (χ2v) is 6.25. The van der Waals surface area contributed by atoms with Crippen LogP contribution in [0.3, 0.4) is 0 Å². The van der Waals surface area contributed by atoms with Gasteiger partial charge in [0, 0.05) is 6.54 Å². The van der Waals surface area contributed by atoms with Crippen molar-refractivity contribution in [2.75, 3.05) is 19.3 Å². The topological polar surface area (TPSA) is 134 Å². The van der Waals surface area contributed by atoms with Crippen molar-refractivity contribution in [3.63, 3.8) is 0 Å². The summed E-state index contributed by atoms with van der Waals surface area (Å²) >= 11 is 0. The Kier molecular flexibility index (Phi) is 4.52. The van der Waals surface area contributed by atoms with Crippen molar-refractivity contribution in [2.45, 2.75) is 19.3 Å². The molecule has 0 atom stereocenters. The van der Waals surface area contributed by atoms with Gasteiger partial charge in [-0.05, 0) is 19.9 Å². The fraction of sp³-hybridized carbons (Fsp3) is 0.778. The van der Waals surface area contributed by atoms with E-state index in [4.69, 9.17) is 10.9 Å². The van der Waals surface area contributed by atoms with Crippen LogP contribution in [0.4, 0.5) is 0 Å². The van der Waals surface area contributed by atoms with E-state index in [1.54, 1.807) is 0 Å². The maximum absolute atomic E-state index is 11.9. The Labute approximate surface area is 106 Å². The number of nitrogens with one attached hydrogen (secondary N) is 2. The average Bonchev–Trinajstić information content (AvgIpc) is 2.27. The molecule has 0 unspecified atom stereocenters. The number of carbonyl (C=O) groups is 1. The number of carbonyl (C=O) groups excluding carboxylic acids is 1. The molecule has 1 aliphatic carbocycles. The summed E-state index contributed by atoms with van der Waals surface area (Å²) in [6.07, 6.45) is 1.83. The first-order valence-electron chi connectivity index (χ1n) is 5.55. The number of amidine groups is 1. The lowest BCUT2D eigenvalue weighted by Gasteiger charge is -2.38. The summed E-state index contributed by atoms with van der Waals surface area (Å²) in [5.41, 5.74) is 4.53. The molecule has 1 rings (SSSR count). The normalized spacial score (nSPS) is 19.1. The van der Waals surface area contributed by atoms with E-state index in [1.165, 1.54) is 7.05 Å². The molecule has 104 valence electrons. The molecule has 0 saturated heterocycles. The first kappa shape index (κ1) is 14.7. The summed E-state index contributed by atoms with van der Waals surface area (Å²) < 4.78 is 24.5. The van der Waals surface area contributed by atoms with Crippen LogP contribution in [0, 0.1) is 5.41 Å². The van der Waals surface area contributed by atoms with Crippen molar-refractivity contribution in [1.29, 1.82) is 0 Å². The Balaban J connectivity index is 2.55. The van der Waals surface area contributed by atoms with E-state index >= 15 is 0 Å². The summed E-state index contributed by atoms with van der Waals surface area (Å²) in [5.74, 6) is -0.723. The van der Waals surface area contributed by atoms with Gasteiger partial charge < -0.3 is 16.3 Å². The molecule has 0 aromatic carbocycles. The fourth-order valence-corrected chi connectivity index (χ4v) is 2.37. The minimum absolute atomic E-state index is 0.0114. The molecular weight excluding hydrogens is 260 g/mol. The number of rotatable bonds is 6. The minimum Gasteiger partial charge on any atom is -0.409 e. The molecule has 0 aromatic heterocycles. The van der Waals surface area contributed by atoms with E-state index in [0.717, 1.165) is 6.42 Å². The predicted molar refractivity (Wildman–Crippen MR) is 65.5 cm³/mol. The molecule has 1 amide bonds. The zero-order chi connectivity index (χ0) is 13.8. The quantitative estimate of drug-likeness (QED) is 0.204. The molecule has 0 aliphatic heterocycles. The second-order valence-electron chi connectivity index (χ2n) is 4.20. The molecule has 0 bridgehead atoms. The molecule has 0 spiro atoms. The van der Waals surface area contributed by atoms with Crippen LogP contribution in [-0.4, -0.2) is 44.7 Å². The Morgan fingerprint density at radius 2 is 2.11 bits per heavy atom. The van der Waals surface area contributed by atoms with E-state index in [9.17, 15) is 13.2 Å². The predicted octanol–water partition coefficient (Wildman–Crippen LogP) is -1.43. The number of sulfonamides is 1. The lowest BCUT2D eigenvalue weighted by molar-refractivity contribution is -0.130. The van der Waals surface area contributed by atoms with Crippen molar-refractivity contribution < 1.29 is 18.4 Å². The monoisotopic (exact) mass is 278 g/mol. The number of hydrogen-bond donors (Lipinski definition) is 4. The van der Waals surface area contributed by atoms with Gasteiger partial charge in [0.15, 0.2) is 5.84 Å². The fourth-order valence-electron chi connectivity index (χ4n) is 1.80. The Morgan fingerprint density at radius 3 is 2.50 bits per heavy atom. The van der Waals surface area contributed by atoms with Crippen LogP contribution in [0.25, 0.3) is 0 Å². The van der Waals surface area contributed by atoms with Gasteiger partial charge in [-0.3, -0.25) is 4.79 Å². The first-order valence-corrected chi connectivity index (χ1v) is 7.21. The summed E-state index contributed by atoms with van der Waals surface area (Å²) in [4.78, 5) is 11.9. The SMILES string of the molecule is CNS(=O)(=O)CCNC(=O)C1(C(N)=NO)CCC1. The molecule has 0 radical (unpaired) electrons. The molecule has 8 nitrogen and oxygen atoms in total. The number of nitrogens with two attached hydrogens (primary N) is 1. The summed E-state index contributed by atoms with van der Waals surface area (Å²) in [5, 5.41) is 14.0. The van der Waals surface area contributed by atoms with Gasteiger partial charge in [0.25, 0.3) is 0 Å². The van der Waals surface area contributed by atoms with E-state index in [2.05, 4.69) is 15.2 Å². The van der Waals surface area contributed by atoms with Crippen LogP contribution in [-0.2, 0) is 14.8 Å². The first-order chi connectivity index (χ1) is 8.38. The van der Waals surface area contributed by atoms with Crippen molar-refractivity contribution in [3.8, 4) is 0 Å². The van der Waals surface area contributed by atoms with Crippen LogP contribution in [0.2, 0.25) is 0 Å². The standard InChI is InChI=1S/C9H18N4O4S/c1-11-18(16,17)6-5-12-8(14)9(3-2-4-9)7(10)13-15/h11,15H,2-6H2,1H3,(H2,10,13)(H,12,14). The highest BCUT2D eigenvalue weighted by molar-refractivity contribution is 7.89. The maximum Gasteiger partial charge on any atom is 0.233 e. The number of oxime groups is 1. The highest BCUT2D eigenvalue weighted by atomic mass is 32.2. The van der Waals surface area contributed by atoms with Crippen LogP contribution >= 0.6 is 0 Å². The number of amides is 1. The van der Waals surface area contributed by atoms with Gasteiger partial charge in [-0.25, -0.2) is 13.1 Å². The smallest absolute Gasteiger partial charge is 0.233 e. The molecule has 1 saturated carbocycles. The third-order valence-corrected chi connectivity index (χ3v) is 4.57. The van der Waals surface area contributed by atoms with Crippen LogP contribution in [0.15, 0.2) is 5.16 Å². The van der Waals surface area contributed by atoms with Gasteiger partial charge in [0.1, 0.15) is 5.41 Å². The molecular formula is C9H18N4O4S. The number of hydrogen-bond acceptors (Lipinski definition) is 5. The summed E-state index contributed by atoms with van der Waals surface area (Å²) in [6.45, 7) is -0.0114. The van der Waals surface area contributed by atoms with Crippen LogP contribution in [0.5, 0.6) is 0 Å². The van der Waals surface area contributed by atoms with Gasteiger partial charge in [0.05, 0.1) is 5.75 Å². The van der Waals surface area contributed by atoms with Crippen molar-refractivity contribution in [1.82, 2.24) is 10.0 Å². The lowest BCUT2D eigenvalue weighted by atomic mass is 9.67. The highest BCUT2D eigenvalue weighted by Crippen LogP contribution is 2.41. The zero-order valence-corrected chi connectivity index (χ0v) is 11.0. The minimum atomic E-state index is -3.35. The third kappa shape index (κ3) is 2.91. The van der Waals surface area contributed by atoms with E-state index in [1.807, 2.05) is 0 Å². The summed E-state index contributed by atoms with van der Waals surface area (Å²) in [6, 6.07) is 0. The van der Waals surface area contributed by atoms with E-state index in [-0.39, 0.29) is 18.1 Å². The Hall–Kier alpha value is -1.35. The van der Waals surface area contributed by atoms with Crippen molar-refractivity contribution >= 4 is 21.8 Å². The van der Waals surface area contributed by atoms with Crippen molar-refractivity contribution in [3.05, 3.63) is 0 Å². The maximum atomic E-state index is 11.9.